The molecule has 1 rings (SSSR count). The van der Waals surface area contributed by atoms with Gasteiger partial charge in [0.25, 0.3) is 0 Å². The molecule has 0 aliphatic rings. The van der Waals surface area contributed by atoms with Gasteiger partial charge in [0.15, 0.2) is 0 Å². The zero-order valence-electron chi connectivity index (χ0n) is 10.9. The predicted molar refractivity (Wildman–Crippen MR) is 68.7 cm³/mol. The van der Waals surface area contributed by atoms with Gasteiger partial charge in [-0.3, -0.25) is 9.48 Å². The molecule has 3 heteroatoms. The zero-order chi connectivity index (χ0) is 12.8. The lowest BCUT2D eigenvalue weighted by atomic mass is 10.0. The van der Waals surface area contributed by atoms with Crippen molar-refractivity contribution >= 4 is 5.78 Å². The largest absolute Gasteiger partial charge is 0.300 e. The molecule has 92 valence electrons. The van der Waals surface area contributed by atoms with Crippen molar-refractivity contribution in [2.45, 2.75) is 46.0 Å². The third-order valence-corrected chi connectivity index (χ3v) is 3.09. The molecule has 0 atom stereocenters. The highest BCUT2D eigenvalue weighted by molar-refractivity contribution is 5.78. The van der Waals surface area contributed by atoms with Crippen LogP contribution in [0.1, 0.15) is 42.6 Å². The Morgan fingerprint density at radius 1 is 1.41 bits per heavy atom. The molecular weight excluding hydrogens is 212 g/mol. The molecule has 17 heavy (non-hydrogen) atoms. The van der Waals surface area contributed by atoms with Gasteiger partial charge >= 0.3 is 0 Å². The van der Waals surface area contributed by atoms with Crippen molar-refractivity contribution in [3.63, 3.8) is 0 Å². The number of terminal acetylenes is 1. The van der Waals surface area contributed by atoms with Gasteiger partial charge in [0.05, 0.1) is 5.69 Å². The number of rotatable bonds is 6. The van der Waals surface area contributed by atoms with Gasteiger partial charge in [-0.25, -0.2) is 0 Å². The van der Waals surface area contributed by atoms with Crippen LogP contribution in [-0.4, -0.2) is 15.6 Å². The maximum absolute atomic E-state index is 11.6. The first-order chi connectivity index (χ1) is 8.06. The summed E-state index contributed by atoms with van der Waals surface area (Å²) in [6.07, 6.45) is 8.63. The minimum Gasteiger partial charge on any atom is -0.300 e. The highest BCUT2D eigenvalue weighted by atomic mass is 16.1. The molecule has 0 aliphatic carbocycles. The molecule has 1 heterocycles. The molecule has 0 spiro atoms. The first kappa shape index (κ1) is 13.5. The number of carbonyl (C=O) groups excluding carboxylic acids is 1. The molecule has 0 aromatic carbocycles. The fraction of sp³-hybridized carbons (Fsp3) is 0.571. The van der Waals surface area contributed by atoms with Crippen LogP contribution in [0.25, 0.3) is 0 Å². The number of aryl methyl sites for hydroxylation is 2. The van der Waals surface area contributed by atoms with Crippen molar-refractivity contribution in [1.29, 1.82) is 0 Å². The lowest BCUT2D eigenvalue weighted by Crippen LogP contribution is -2.01. The normalized spacial score (nSPS) is 10.2. The number of aromatic nitrogens is 2. The Morgan fingerprint density at radius 3 is 2.65 bits per heavy atom. The molecule has 0 bridgehead atoms. The van der Waals surface area contributed by atoms with E-state index >= 15 is 0 Å². The van der Waals surface area contributed by atoms with Gasteiger partial charge in [0.1, 0.15) is 5.78 Å². The Hall–Kier alpha value is -1.56. The van der Waals surface area contributed by atoms with Crippen LogP contribution in [0.3, 0.4) is 0 Å². The molecule has 0 aliphatic heterocycles. The van der Waals surface area contributed by atoms with E-state index in [2.05, 4.69) is 11.0 Å². The molecule has 0 saturated carbocycles. The zero-order valence-corrected chi connectivity index (χ0v) is 10.9. The Bertz CT molecular complexity index is 438. The van der Waals surface area contributed by atoms with Crippen molar-refractivity contribution in [2.24, 2.45) is 7.05 Å². The Labute approximate surface area is 103 Å². The van der Waals surface area contributed by atoms with E-state index < -0.39 is 0 Å². The first-order valence-electron chi connectivity index (χ1n) is 6.00. The third kappa shape index (κ3) is 3.74. The van der Waals surface area contributed by atoms with E-state index in [4.69, 9.17) is 6.42 Å². The van der Waals surface area contributed by atoms with Crippen LogP contribution in [0.4, 0.5) is 0 Å². The van der Waals surface area contributed by atoms with Crippen LogP contribution >= 0.6 is 0 Å². The van der Waals surface area contributed by atoms with Crippen LogP contribution in [0.2, 0.25) is 0 Å². The predicted octanol–water partition coefficient (Wildman–Crippen LogP) is 2.34. The lowest BCUT2D eigenvalue weighted by Gasteiger charge is -2.01. The maximum atomic E-state index is 11.6. The van der Waals surface area contributed by atoms with Gasteiger partial charge in [-0.1, -0.05) is 0 Å². The second kappa shape index (κ2) is 6.24. The fourth-order valence-corrected chi connectivity index (χ4v) is 1.96. The van der Waals surface area contributed by atoms with Gasteiger partial charge in [-0.2, -0.15) is 5.10 Å². The Morgan fingerprint density at radius 2 is 2.12 bits per heavy atom. The van der Waals surface area contributed by atoms with Gasteiger partial charge in [-0.05, 0) is 32.3 Å². The van der Waals surface area contributed by atoms with E-state index in [1.807, 2.05) is 25.6 Å². The molecule has 1 aromatic heterocycles. The van der Waals surface area contributed by atoms with E-state index in [9.17, 15) is 4.79 Å². The number of hydrogen-bond donors (Lipinski definition) is 0. The summed E-state index contributed by atoms with van der Waals surface area (Å²) < 4.78 is 1.87. The lowest BCUT2D eigenvalue weighted by molar-refractivity contribution is -0.119. The van der Waals surface area contributed by atoms with Crippen LogP contribution in [0, 0.1) is 26.2 Å². The van der Waals surface area contributed by atoms with E-state index in [1.54, 1.807) is 0 Å². The standard InChI is InChI=1S/C14H20N2O/c1-5-6-7-8-13(17)9-10-14-11(2)15-16(4)12(14)3/h1H,6-10H2,2-4H3. The maximum Gasteiger partial charge on any atom is 0.133 e. The Balaban J connectivity index is 2.45. The fourth-order valence-electron chi connectivity index (χ4n) is 1.96. The smallest absolute Gasteiger partial charge is 0.133 e. The SMILES string of the molecule is C#CCCCC(=O)CCc1c(C)nn(C)c1C. The van der Waals surface area contributed by atoms with Crippen LogP contribution in [-0.2, 0) is 18.3 Å². The highest BCUT2D eigenvalue weighted by Gasteiger charge is 2.10. The summed E-state index contributed by atoms with van der Waals surface area (Å²) in [4.78, 5) is 11.6. The van der Waals surface area contributed by atoms with Crippen LogP contribution in [0.5, 0.6) is 0 Å². The second-order valence-corrected chi connectivity index (χ2v) is 4.37. The molecule has 0 radical (unpaired) electrons. The van der Waals surface area contributed by atoms with Gasteiger partial charge in [-0.15, -0.1) is 12.3 Å². The number of hydrogen-bond acceptors (Lipinski definition) is 2. The van der Waals surface area contributed by atoms with Crippen LogP contribution < -0.4 is 0 Å². The number of Topliss-reactive ketones (excluding diaryl/α,β-unsaturated/α-hetero) is 1. The summed E-state index contributed by atoms with van der Waals surface area (Å²) in [5.41, 5.74) is 3.39. The van der Waals surface area contributed by atoms with Gasteiger partial charge in [0, 0.05) is 32.0 Å². The summed E-state index contributed by atoms with van der Waals surface area (Å²) in [6.45, 7) is 4.03. The first-order valence-corrected chi connectivity index (χ1v) is 6.00. The molecule has 0 amide bonds. The molecule has 1 aromatic rings. The average Bonchev–Trinajstić information content (AvgIpc) is 2.51. The molecule has 0 N–H and O–H groups in total. The quantitative estimate of drug-likeness (QED) is 0.557. The molecule has 3 nitrogen and oxygen atoms in total. The van der Waals surface area contributed by atoms with E-state index in [1.165, 1.54) is 5.56 Å². The van der Waals surface area contributed by atoms with Crippen molar-refractivity contribution in [1.82, 2.24) is 9.78 Å². The summed E-state index contributed by atoms with van der Waals surface area (Å²) in [5.74, 6) is 2.85. The highest BCUT2D eigenvalue weighted by Crippen LogP contribution is 2.14. The minimum absolute atomic E-state index is 0.294. The van der Waals surface area contributed by atoms with Crippen molar-refractivity contribution in [2.75, 3.05) is 0 Å². The third-order valence-electron chi connectivity index (χ3n) is 3.09. The van der Waals surface area contributed by atoms with Gasteiger partial charge in [0.2, 0.25) is 0 Å². The molecule has 0 fully saturated rings. The minimum atomic E-state index is 0.294. The monoisotopic (exact) mass is 232 g/mol. The van der Waals surface area contributed by atoms with Crippen molar-refractivity contribution in [3.8, 4) is 12.3 Å². The van der Waals surface area contributed by atoms with Crippen molar-refractivity contribution < 1.29 is 4.79 Å². The topological polar surface area (TPSA) is 34.9 Å². The number of carbonyl (C=O) groups is 1. The molecule has 0 unspecified atom stereocenters. The summed E-state index contributed by atoms with van der Waals surface area (Å²) in [7, 11) is 1.93. The Kier molecular flexibility index (Phi) is 4.96. The summed E-state index contributed by atoms with van der Waals surface area (Å²) >= 11 is 0. The second-order valence-electron chi connectivity index (χ2n) is 4.37. The van der Waals surface area contributed by atoms with Crippen LogP contribution in [0.15, 0.2) is 0 Å². The van der Waals surface area contributed by atoms with Crippen molar-refractivity contribution in [3.05, 3.63) is 17.0 Å². The number of unbranched alkanes of at least 4 members (excludes halogenated alkanes) is 1. The average molecular weight is 232 g/mol. The summed E-state index contributed by atoms with van der Waals surface area (Å²) in [6, 6.07) is 0. The van der Waals surface area contributed by atoms with Gasteiger partial charge < -0.3 is 0 Å². The molecular formula is C14H20N2O. The van der Waals surface area contributed by atoms with E-state index in [0.29, 0.717) is 25.0 Å². The molecule has 0 saturated heterocycles. The number of ketones is 1. The van der Waals surface area contributed by atoms with E-state index in [0.717, 1.165) is 24.2 Å². The number of nitrogens with zero attached hydrogens (tertiary/aromatic N) is 2. The van der Waals surface area contributed by atoms with E-state index in [-0.39, 0.29) is 0 Å². The summed E-state index contributed by atoms with van der Waals surface area (Å²) in [5, 5.41) is 4.34.